The molecule has 0 saturated carbocycles. The first-order valence-corrected chi connectivity index (χ1v) is 7.65. The highest BCUT2D eigenvalue weighted by molar-refractivity contribution is 9.10. The number of fused-ring (bicyclic) bond motifs is 2. The van der Waals surface area contributed by atoms with Gasteiger partial charge in [0.05, 0.1) is 21.4 Å². The van der Waals surface area contributed by atoms with E-state index in [2.05, 4.69) is 49.4 Å². The van der Waals surface area contributed by atoms with Crippen molar-refractivity contribution >= 4 is 27.0 Å². The van der Waals surface area contributed by atoms with Crippen molar-refractivity contribution in [2.24, 2.45) is 0 Å². The van der Waals surface area contributed by atoms with Crippen LogP contribution >= 0.6 is 15.9 Å². The van der Waals surface area contributed by atoms with Crippen LogP contribution in [0.4, 0.5) is 4.39 Å². The third-order valence-electron chi connectivity index (χ3n) is 3.97. The molecule has 5 heteroatoms. The minimum atomic E-state index is -0.278. The molecule has 106 valence electrons. The molecule has 0 amide bonds. The summed E-state index contributed by atoms with van der Waals surface area (Å²) in [5.41, 5.74) is 4.09. The Hall–Kier alpha value is -1.72. The van der Waals surface area contributed by atoms with E-state index in [0.717, 1.165) is 29.9 Å². The number of benzene rings is 2. The summed E-state index contributed by atoms with van der Waals surface area (Å²) < 4.78 is 14.1. The lowest BCUT2D eigenvalue weighted by molar-refractivity contribution is 0.576. The van der Waals surface area contributed by atoms with Gasteiger partial charge in [-0.25, -0.2) is 9.37 Å². The van der Waals surface area contributed by atoms with Gasteiger partial charge in [0.2, 0.25) is 0 Å². The van der Waals surface area contributed by atoms with Crippen LogP contribution in [0.3, 0.4) is 0 Å². The minimum Gasteiger partial charge on any atom is -0.341 e. The largest absolute Gasteiger partial charge is 0.341 e. The third kappa shape index (κ3) is 2.17. The summed E-state index contributed by atoms with van der Waals surface area (Å²) in [4.78, 5) is 7.91. The van der Waals surface area contributed by atoms with Gasteiger partial charge in [0.15, 0.2) is 0 Å². The van der Waals surface area contributed by atoms with Gasteiger partial charge in [0.25, 0.3) is 0 Å². The van der Waals surface area contributed by atoms with Crippen LogP contribution in [0, 0.1) is 5.82 Å². The Bertz CT molecular complexity index is 789. The number of aromatic nitrogens is 2. The maximum Gasteiger partial charge on any atom is 0.139 e. The molecule has 2 heterocycles. The number of hydrogen-bond acceptors (Lipinski definition) is 2. The Morgan fingerprint density at radius 2 is 2.10 bits per heavy atom. The van der Waals surface area contributed by atoms with Crippen molar-refractivity contribution in [2.75, 3.05) is 6.54 Å². The Labute approximate surface area is 129 Å². The summed E-state index contributed by atoms with van der Waals surface area (Å²) in [6.45, 7) is 1.72. The first-order chi connectivity index (χ1) is 10.2. The van der Waals surface area contributed by atoms with Gasteiger partial charge in [-0.2, -0.15) is 0 Å². The van der Waals surface area contributed by atoms with Crippen molar-refractivity contribution < 1.29 is 4.39 Å². The molecule has 2 aromatic carbocycles. The predicted molar refractivity (Wildman–Crippen MR) is 83.7 cm³/mol. The molecule has 0 saturated heterocycles. The molecule has 3 aromatic rings. The fourth-order valence-electron chi connectivity index (χ4n) is 2.93. The highest BCUT2D eigenvalue weighted by Crippen LogP contribution is 2.30. The normalized spacial score (nSPS) is 17.9. The summed E-state index contributed by atoms with van der Waals surface area (Å²) in [6, 6.07) is 11.6. The number of hydrogen-bond donors (Lipinski definition) is 2. The molecule has 0 aliphatic carbocycles. The van der Waals surface area contributed by atoms with Crippen LogP contribution in [0.25, 0.3) is 11.0 Å². The summed E-state index contributed by atoms with van der Waals surface area (Å²) >= 11 is 3.21. The standard InChI is InChI=1S/C16H13BrFN3/c17-12-5-14-15(6-13(12)18)21-16(20-14)11-8-19-7-9-3-1-2-4-10(9)11/h1-6,11,19H,7-8H2,(H,20,21). The van der Waals surface area contributed by atoms with E-state index in [-0.39, 0.29) is 11.7 Å². The maximum absolute atomic E-state index is 13.6. The number of imidazole rings is 1. The SMILES string of the molecule is Fc1cc2[nH]c(C3CNCc4ccccc43)nc2cc1Br. The van der Waals surface area contributed by atoms with Crippen LogP contribution in [-0.4, -0.2) is 16.5 Å². The average Bonchev–Trinajstić information content (AvgIpc) is 2.90. The monoisotopic (exact) mass is 345 g/mol. The fourth-order valence-corrected chi connectivity index (χ4v) is 3.26. The second-order valence-corrected chi connectivity index (χ2v) is 6.14. The predicted octanol–water partition coefficient (Wildman–Crippen LogP) is 3.70. The second kappa shape index (κ2) is 4.93. The average molecular weight is 346 g/mol. The zero-order valence-electron chi connectivity index (χ0n) is 11.2. The van der Waals surface area contributed by atoms with E-state index in [9.17, 15) is 4.39 Å². The van der Waals surface area contributed by atoms with Crippen molar-refractivity contribution in [1.29, 1.82) is 0 Å². The van der Waals surface area contributed by atoms with Gasteiger partial charge in [-0.15, -0.1) is 0 Å². The van der Waals surface area contributed by atoms with Crippen molar-refractivity contribution in [3.63, 3.8) is 0 Å². The van der Waals surface area contributed by atoms with Gasteiger partial charge in [-0.05, 0) is 33.1 Å². The van der Waals surface area contributed by atoms with E-state index in [1.807, 2.05) is 6.07 Å². The number of halogens is 2. The number of nitrogens with zero attached hydrogens (tertiary/aromatic N) is 1. The smallest absolute Gasteiger partial charge is 0.139 e. The van der Waals surface area contributed by atoms with E-state index in [1.165, 1.54) is 17.2 Å². The first-order valence-electron chi connectivity index (χ1n) is 6.85. The summed E-state index contributed by atoms with van der Waals surface area (Å²) in [5.74, 6) is 0.770. The second-order valence-electron chi connectivity index (χ2n) is 5.29. The zero-order valence-corrected chi connectivity index (χ0v) is 12.7. The van der Waals surface area contributed by atoms with E-state index in [0.29, 0.717) is 4.47 Å². The van der Waals surface area contributed by atoms with Gasteiger partial charge >= 0.3 is 0 Å². The number of aromatic amines is 1. The molecule has 0 spiro atoms. The highest BCUT2D eigenvalue weighted by Gasteiger charge is 2.24. The van der Waals surface area contributed by atoms with Gasteiger partial charge < -0.3 is 10.3 Å². The summed E-state index contributed by atoms with van der Waals surface area (Å²) in [6.07, 6.45) is 0. The molecule has 1 aliphatic heterocycles. The maximum atomic E-state index is 13.6. The van der Waals surface area contributed by atoms with E-state index >= 15 is 0 Å². The molecule has 0 bridgehead atoms. The molecule has 3 nitrogen and oxygen atoms in total. The Balaban J connectivity index is 1.84. The topological polar surface area (TPSA) is 40.7 Å². The molecule has 4 rings (SSSR count). The Kier molecular flexibility index (Phi) is 3.05. The van der Waals surface area contributed by atoms with Crippen molar-refractivity contribution in [1.82, 2.24) is 15.3 Å². The molecule has 0 radical (unpaired) electrons. The van der Waals surface area contributed by atoms with Crippen LogP contribution in [0.2, 0.25) is 0 Å². The first kappa shape index (κ1) is 13.0. The quantitative estimate of drug-likeness (QED) is 0.705. The molecule has 1 atom stereocenters. The molecular weight excluding hydrogens is 333 g/mol. The lowest BCUT2D eigenvalue weighted by Gasteiger charge is -2.24. The van der Waals surface area contributed by atoms with E-state index in [1.54, 1.807) is 6.07 Å². The number of H-pyrrole nitrogens is 1. The van der Waals surface area contributed by atoms with E-state index < -0.39 is 0 Å². The molecule has 1 aromatic heterocycles. The lowest BCUT2D eigenvalue weighted by Crippen LogP contribution is -2.29. The molecule has 1 aliphatic rings. The Morgan fingerprint density at radius 1 is 1.24 bits per heavy atom. The van der Waals surface area contributed by atoms with Crippen molar-refractivity contribution in [2.45, 2.75) is 12.5 Å². The third-order valence-corrected chi connectivity index (χ3v) is 4.57. The van der Waals surface area contributed by atoms with Crippen LogP contribution in [0.5, 0.6) is 0 Å². The van der Waals surface area contributed by atoms with Gasteiger partial charge in [-0.3, -0.25) is 0 Å². The minimum absolute atomic E-state index is 0.171. The molecule has 21 heavy (non-hydrogen) atoms. The molecule has 2 N–H and O–H groups in total. The summed E-state index contributed by atoms with van der Waals surface area (Å²) in [5, 5.41) is 3.41. The van der Waals surface area contributed by atoms with Crippen LogP contribution in [0.1, 0.15) is 22.9 Å². The van der Waals surface area contributed by atoms with E-state index in [4.69, 9.17) is 0 Å². The molecular formula is C16H13BrFN3. The number of nitrogens with one attached hydrogen (secondary N) is 2. The Morgan fingerprint density at radius 3 is 3.00 bits per heavy atom. The lowest BCUT2D eigenvalue weighted by atomic mass is 9.90. The van der Waals surface area contributed by atoms with Crippen LogP contribution in [-0.2, 0) is 6.54 Å². The van der Waals surface area contributed by atoms with Crippen molar-refractivity contribution in [3.05, 3.63) is 63.6 Å². The van der Waals surface area contributed by atoms with Gasteiger partial charge in [-0.1, -0.05) is 24.3 Å². The van der Waals surface area contributed by atoms with Crippen molar-refractivity contribution in [3.8, 4) is 0 Å². The fraction of sp³-hybridized carbons (Fsp3) is 0.188. The number of rotatable bonds is 1. The van der Waals surface area contributed by atoms with Gasteiger partial charge in [0, 0.05) is 19.2 Å². The van der Waals surface area contributed by atoms with Crippen LogP contribution < -0.4 is 5.32 Å². The molecule has 0 fully saturated rings. The summed E-state index contributed by atoms with van der Waals surface area (Å²) in [7, 11) is 0. The zero-order chi connectivity index (χ0) is 14.4. The highest BCUT2D eigenvalue weighted by atomic mass is 79.9. The molecule has 1 unspecified atom stereocenters. The van der Waals surface area contributed by atoms with Crippen LogP contribution in [0.15, 0.2) is 40.9 Å². The van der Waals surface area contributed by atoms with Gasteiger partial charge in [0.1, 0.15) is 11.6 Å².